The maximum atomic E-state index is 4.74. The van der Waals surface area contributed by atoms with Gasteiger partial charge in [0.15, 0.2) is 0 Å². The Hall–Kier alpha value is -1.13. The first kappa shape index (κ1) is 15.3. The van der Waals surface area contributed by atoms with Crippen LogP contribution in [0.3, 0.4) is 0 Å². The van der Waals surface area contributed by atoms with E-state index in [1.54, 1.807) is 0 Å². The Kier molecular flexibility index (Phi) is 5.38. The summed E-state index contributed by atoms with van der Waals surface area (Å²) in [6.45, 7) is 8.38. The molecule has 0 bridgehead atoms. The topological polar surface area (TPSA) is 31.4 Å². The highest BCUT2D eigenvalue weighted by molar-refractivity contribution is 5.43. The number of nitrogens with zero attached hydrogens (tertiary/aromatic N) is 3. The minimum atomic E-state index is 0.642. The van der Waals surface area contributed by atoms with Gasteiger partial charge in [-0.05, 0) is 58.1 Å². The molecule has 2 rings (SSSR count). The smallest absolute Gasteiger partial charge is 0.129 e. The third-order valence-electron chi connectivity index (χ3n) is 4.03. The predicted molar refractivity (Wildman–Crippen MR) is 85.3 cm³/mol. The van der Waals surface area contributed by atoms with E-state index < -0.39 is 0 Å². The molecule has 1 unspecified atom stereocenters. The molecule has 1 fully saturated rings. The van der Waals surface area contributed by atoms with Crippen molar-refractivity contribution in [3.8, 4) is 0 Å². The highest BCUT2D eigenvalue weighted by Gasteiger charge is 2.22. The lowest BCUT2D eigenvalue weighted by Gasteiger charge is -2.37. The molecule has 0 radical (unpaired) electrons. The van der Waals surface area contributed by atoms with E-state index in [9.17, 15) is 0 Å². The number of rotatable bonds is 5. The highest BCUT2D eigenvalue weighted by atomic mass is 15.2. The van der Waals surface area contributed by atoms with Gasteiger partial charge in [-0.15, -0.1) is 0 Å². The van der Waals surface area contributed by atoms with Crippen LogP contribution < -0.4 is 10.2 Å². The number of hydrogen-bond acceptors (Lipinski definition) is 4. The zero-order valence-electron chi connectivity index (χ0n) is 13.3. The Balaban J connectivity index is 2.12. The fraction of sp³-hybridized carbons (Fsp3) is 0.688. The van der Waals surface area contributed by atoms with Gasteiger partial charge in [-0.25, -0.2) is 4.98 Å². The molecule has 1 aliphatic rings. The highest BCUT2D eigenvalue weighted by Crippen LogP contribution is 2.21. The van der Waals surface area contributed by atoms with Gasteiger partial charge in [-0.3, -0.25) is 0 Å². The fourth-order valence-corrected chi connectivity index (χ4v) is 2.84. The Morgan fingerprint density at radius 2 is 2.20 bits per heavy atom. The number of pyridine rings is 1. The summed E-state index contributed by atoms with van der Waals surface area (Å²) < 4.78 is 0. The summed E-state index contributed by atoms with van der Waals surface area (Å²) in [4.78, 5) is 9.51. The van der Waals surface area contributed by atoms with Crippen molar-refractivity contribution in [2.24, 2.45) is 0 Å². The number of aromatic nitrogens is 1. The van der Waals surface area contributed by atoms with E-state index in [1.165, 1.54) is 18.4 Å². The molecular formula is C16H28N4. The van der Waals surface area contributed by atoms with Gasteiger partial charge in [-0.2, -0.15) is 0 Å². The van der Waals surface area contributed by atoms with Gasteiger partial charge < -0.3 is 15.1 Å². The molecule has 0 aliphatic carbocycles. The van der Waals surface area contributed by atoms with Gasteiger partial charge in [-0.1, -0.05) is 6.92 Å². The molecule has 4 heteroatoms. The van der Waals surface area contributed by atoms with Crippen LogP contribution in [0, 0.1) is 6.92 Å². The summed E-state index contributed by atoms with van der Waals surface area (Å²) in [6.07, 6.45) is 2.54. The molecule has 1 N–H and O–H groups in total. The molecule has 112 valence electrons. The van der Waals surface area contributed by atoms with Crippen LogP contribution in [0.25, 0.3) is 0 Å². The molecule has 1 aromatic heterocycles. The first-order chi connectivity index (χ1) is 9.60. The monoisotopic (exact) mass is 276 g/mol. The van der Waals surface area contributed by atoms with Crippen molar-refractivity contribution in [1.82, 2.24) is 15.2 Å². The molecule has 20 heavy (non-hydrogen) atoms. The molecule has 1 atom stereocenters. The molecule has 1 aromatic rings. The molecule has 0 aromatic carbocycles. The second-order valence-electron chi connectivity index (χ2n) is 5.96. The number of anilines is 1. The average molecular weight is 276 g/mol. The summed E-state index contributed by atoms with van der Waals surface area (Å²) >= 11 is 0. The van der Waals surface area contributed by atoms with Gasteiger partial charge in [0.05, 0.1) is 0 Å². The van der Waals surface area contributed by atoms with Crippen LogP contribution in [0.4, 0.5) is 5.82 Å². The van der Waals surface area contributed by atoms with E-state index >= 15 is 0 Å². The SMILES string of the molecule is CCNCc1cc(C)nc(N2CCCC(N(C)C)C2)c1. The van der Waals surface area contributed by atoms with E-state index in [4.69, 9.17) is 4.98 Å². The van der Waals surface area contributed by atoms with Crippen LogP contribution in [0.5, 0.6) is 0 Å². The second-order valence-corrected chi connectivity index (χ2v) is 5.96. The Labute approximate surface area is 123 Å². The standard InChI is InChI=1S/C16H28N4/c1-5-17-11-14-9-13(2)18-16(10-14)20-8-6-7-15(12-20)19(3)4/h9-10,15,17H,5-8,11-12H2,1-4H3. The third-order valence-corrected chi connectivity index (χ3v) is 4.03. The lowest BCUT2D eigenvalue weighted by Crippen LogP contribution is -2.45. The number of likely N-dealkylation sites (N-methyl/N-ethyl adjacent to an activating group) is 1. The minimum Gasteiger partial charge on any atom is -0.355 e. The van der Waals surface area contributed by atoms with Crippen molar-refractivity contribution >= 4 is 5.82 Å². The Morgan fingerprint density at radius 3 is 2.90 bits per heavy atom. The van der Waals surface area contributed by atoms with E-state index in [0.29, 0.717) is 6.04 Å². The summed E-state index contributed by atoms with van der Waals surface area (Å²) in [5.74, 6) is 1.14. The maximum Gasteiger partial charge on any atom is 0.129 e. The summed E-state index contributed by atoms with van der Waals surface area (Å²) in [5, 5.41) is 3.39. The van der Waals surface area contributed by atoms with Crippen molar-refractivity contribution < 1.29 is 0 Å². The molecule has 0 amide bonds. The third kappa shape index (κ3) is 3.93. The molecule has 1 saturated heterocycles. The maximum absolute atomic E-state index is 4.74. The summed E-state index contributed by atoms with van der Waals surface area (Å²) in [7, 11) is 4.35. The van der Waals surface area contributed by atoms with E-state index in [1.807, 2.05) is 0 Å². The van der Waals surface area contributed by atoms with Crippen molar-refractivity contribution in [2.75, 3.05) is 38.6 Å². The van der Waals surface area contributed by atoms with Crippen LogP contribution in [-0.2, 0) is 6.54 Å². The number of nitrogens with one attached hydrogen (secondary N) is 1. The summed E-state index contributed by atoms with van der Waals surface area (Å²) in [6, 6.07) is 5.07. The average Bonchev–Trinajstić information content (AvgIpc) is 2.44. The quantitative estimate of drug-likeness (QED) is 0.891. The van der Waals surface area contributed by atoms with E-state index in [0.717, 1.165) is 37.7 Å². The fourth-order valence-electron chi connectivity index (χ4n) is 2.84. The van der Waals surface area contributed by atoms with Crippen LogP contribution in [0.1, 0.15) is 31.0 Å². The predicted octanol–water partition coefficient (Wildman–Crippen LogP) is 2.03. The zero-order valence-corrected chi connectivity index (χ0v) is 13.3. The number of hydrogen-bond donors (Lipinski definition) is 1. The lowest BCUT2D eigenvalue weighted by molar-refractivity contribution is 0.257. The molecule has 4 nitrogen and oxygen atoms in total. The molecule has 0 spiro atoms. The number of aryl methyl sites for hydroxylation is 1. The van der Waals surface area contributed by atoms with Crippen LogP contribution in [0.15, 0.2) is 12.1 Å². The van der Waals surface area contributed by atoms with Gasteiger partial charge in [0.1, 0.15) is 5.82 Å². The summed E-state index contributed by atoms with van der Waals surface area (Å²) in [5.41, 5.74) is 2.45. The van der Waals surface area contributed by atoms with Gasteiger partial charge in [0.25, 0.3) is 0 Å². The lowest BCUT2D eigenvalue weighted by atomic mass is 10.0. The van der Waals surface area contributed by atoms with Crippen molar-refractivity contribution in [1.29, 1.82) is 0 Å². The minimum absolute atomic E-state index is 0.642. The Bertz CT molecular complexity index is 430. The van der Waals surface area contributed by atoms with Crippen LogP contribution in [0.2, 0.25) is 0 Å². The van der Waals surface area contributed by atoms with Gasteiger partial charge >= 0.3 is 0 Å². The molecule has 2 heterocycles. The van der Waals surface area contributed by atoms with Gasteiger partial charge in [0, 0.05) is 31.4 Å². The van der Waals surface area contributed by atoms with E-state index in [2.05, 4.69) is 55.2 Å². The van der Waals surface area contributed by atoms with Crippen LogP contribution in [-0.4, -0.2) is 49.7 Å². The largest absolute Gasteiger partial charge is 0.355 e. The second kappa shape index (κ2) is 7.04. The first-order valence-electron chi connectivity index (χ1n) is 7.69. The molecular weight excluding hydrogens is 248 g/mol. The molecule has 0 saturated carbocycles. The first-order valence-corrected chi connectivity index (χ1v) is 7.69. The normalized spacial score (nSPS) is 19.6. The van der Waals surface area contributed by atoms with Crippen molar-refractivity contribution in [2.45, 2.75) is 39.3 Å². The molecule has 1 aliphatic heterocycles. The number of piperidine rings is 1. The van der Waals surface area contributed by atoms with Crippen molar-refractivity contribution in [3.05, 3.63) is 23.4 Å². The zero-order chi connectivity index (χ0) is 14.5. The Morgan fingerprint density at radius 1 is 1.40 bits per heavy atom. The van der Waals surface area contributed by atoms with Crippen LogP contribution >= 0.6 is 0 Å². The van der Waals surface area contributed by atoms with Crippen molar-refractivity contribution in [3.63, 3.8) is 0 Å². The van der Waals surface area contributed by atoms with E-state index in [-0.39, 0.29) is 0 Å². The van der Waals surface area contributed by atoms with Gasteiger partial charge in [0.2, 0.25) is 0 Å².